The Morgan fingerprint density at radius 1 is 1.20 bits per heavy atom. The molecular formula is C19H27N3O3. The van der Waals surface area contributed by atoms with Crippen LogP contribution in [0.15, 0.2) is 18.2 Å². The van der Waals surface area contributed by atoms with Crippen molar-refractivity contribution in [2.24, 2.45) is 0 Å². The molecule has 6 heteroatoms. The number of likely N-dealkylation sites (tertiary alicyclic amines) is 1. The van der Waals surface area contributed by atoms with Crippen molar-refractivity contribution in [3.05, 3.63) is 23.8 Å². The summed E-state index contributed by atoms with van der Waals surface area (Å²) in [5.41, 5.74) is 7.95. The van der Waals surface area contributed by atoms with Crippen LogP contribution in [0.2, 0.25) is 0 Å². The number of nitrogens with zero attached hydrogens (tertiary/aromatic N) is 2. The molecule has 0 aromatic heterocycles. The average molecular weight is 345 g/mol. The number of rotatable bonds is 0. The highest BCUT2D eigenvalue weighted by atomic mass is 16.6. The van der Waals surface area contributed by atoms with Crippen molar-refractivity contribution in [2.45, 2.75) is 51.6 Å². The van der Waals surface area contributed by atoms with Crippen LogP contribution in [0.5, 0.6) is 0 Å². The van der Waals surface area contributed by atoms with Gasteiger partial charge >= 0.3 is 6.09 Å². The topological polar surface area (TPSA) is 75.9 Å². The summed E-state index contributed by atoms with van der Waals surface area (Å²) in [6.45, 7) is 9.13. The van der Waals surface area contributed by atoms with Gasteiger partial charge in [0.25, 0.3) is 0 Å². The van der Waals surface area contributed by atoms with Gasteiger partial charge in [0.05, 0.1) is 0 Å². The van der Waals surface area contributed by atoms with E-state index in [1.807, 2.05) is 39.0 Å². The van der Waals surface area contributed by atoms with Gasteiger partial charge in [-0.05, 0) is 51.3 Å². The smallest absolute Gasteiger partial charge is 0.410 e. The third kappa shape index (κ3) is 3.30. The second-order valence-electron chi connectivity index (χ2n) is 8.13. The van der Waals surface area contributed by atoms with Gasteiger partial charge < -0.3 is 20.3 Å². The molecule has 2 N–H and O–H groups in total. The zero-order valence-electron chi connectivity index (χ0n) is 15.5. The van der Waals surface area contributed by atoms with E-state index in [0.29, 0.717) is 25.3 Å². The zero-order chi connectivity index (χ0) is 18.4. The molecule has 0 bridgehead atoms. The fourth-order valence-electron chi connectivity index (χ4n) is 3.91. The lowest BCUT2D eigenvalue weighted by Gasteiger charge is -2.41. The number of benzene rings is 1. The maximum absolute atomic E-state index is 12.4. The molecular weight excluding hydrogens is 318 g/mol. The van der Waals surface area contributed by atoms with Crippen molar-refractivity contribution in [3.8, 4) is 0 Å². The van der Waals surface area contributed by atoms with E-state index in [9.17, 15) is 9.59 Å². The Balaban J connectivity index is 1.90. The Morgan fingerprint density at radius 3 is 2.52 bits per heavy atom. The van der Waals surface area contributed by atoms with E-state index < -0.39 is 5.60 Å². The van der Waals surface area contributed by atoms with Gasteiger partial charge in [-0.3, -0.25) is 4.79 Å². The van der Waals surface area contributed by atoms with Crippen LogP contribution in [0.1, 0.15) is 46.1 Å². The molecule has 1 fully saturated rings. The lowest BCUT2D eigenvalue weighted by atomic mass is 9.73. The molecule has 6 nitrogen and oxygen atoms in total. The molecule has 0 radical (unpaired) electrons. The van der Waals surface area contributed by atoms with Gasteiger partial charge in [0.2, 0.25) is 5.91 Å². The molecule has 1 aromatic carbocycles. The highest BCUT2D eigenvalue weighted by molar-refractivity contribution is 5.94. The SMILES string of the molecule is CC(=O)N1CCC2(CCN(C(=O)OC(C)(C)C)C2)c2ccc(N)cc21. The first-order chi connectivity index (χ1) is 11.6. The van der Waals surface area contributed by atoms with Crippen LogP contribution >= 0.6 is 0 Å². The Bertz CT molecular complexity index is 710. The van der Waals surface area contributed by atoms with Gasteiger partial charge in [-0.15, -0.1) is 0 Å². The summed E-state index contributed by atoms with van der Waals surface area (Å²) in [5.74, 6) is 0.0173. The number of ether oxygens (including phenoxy) is 1. The van der Waals surface area contributed by atoms with Gasteiger partial charge in [-0.2, -0.15) is 0 Å². The Morgan fingerprint density at radius 2 is 1.88 bits per heavy atom. The molecule has 136 valence electrons. The first-order valence-electron chi connectivity index (χ1n) is 8.77. The first-order valence-corrected chi connectivity index (χ1v) is 8.77. The minimum atomic E-state index is -0.503. The van der Waals surface area contributed by atoms with E-state index in [-0.39, 0.29) is 17.4 Å². The molecule has 1 spiro atoms. The molecule has 2 aliphatic rings. The number of nitrogens with two attached hydrogens (primary N) is 1. The summed E-state index contributed by atoms with van der Waals surface area (Å²) in [4.78, 5) is 28.0. The number of amides is 2. The van der Waals surface area contributed by atoms with E-state index in [2.05, 4.69) is 0 Å². The number of hydrogen-bond donors (Lipinski definition) is 1. The fraction of sp³-hybridized carbons (Fsp3) is 0.579. The summed E-state index contributed by atoms with van der Waals surface area (Å²) >= 11 is 0. The van der Waals surface area contributed by atoms with Crippen LogP contribution in [-0.2, 0) is 14.9 Å². The molecule has 2 amide bonds. The van der Waals surface area contributed by atoms with Crippen molar-refractivity contribution in [3.63, 3.8) is 0 Å². The maximum atomic E-state index is 12.4. The van der Waals surface area contributed by atoms with Crippen LogP contribution in [0.4, 0.5) is 16.2 Å². The van der Waals surface area contributed by atoms with E-state index >= 15 is 0 Å². The Hall–Kier alpha value is -2.24. The van der Waals surface area contributed by atoms with Crippen LogP contribution < -0.4 is 10.6 Å². The highest BCUT2D eigenvalue weighted by Crippen LogP contribution is 2.46. The van der Waals surface area contributed by atoms with E-state index in [1.165, 1.54) is 0 Å². The molecule has 1 atom stereocenters. The van der Waals surface area contributed by atoms with E-state index in [1.54, 1.807) is 16.7 Å². The lowest BCUT2D eigenvalue weighted by Crippen LogP contribution is -2.45. The molecule has 0 aliphatic carbocycles. The van der Waals surface area contributed by atoms with Gasteiger partial charge in [-0.25, -0.2) is 4.79 Å². The Labute approximate surface area is 148 Å². The van der Waals surface area contributed by atoms with Crippen molar-refractivity contribution >= 4 is 23.4 Å². The van der Waals surface area contributed by atoms with Crippen LogP contribution in [0.3, 0.4) is 0 Å². The summed E-state index contributed by atoms with van der Waals surface area (Å²) in [6.07, 6.45) is 1.44. The second kappa shape index (κ2) is 5.93. The molecule has 0 saturated carbocycles. The number of anilines is 2. The summed E-state index contributed by atoms with van der Waals surface area (Å²) < 4.78 is 5.52. The number of carbonyl (C=O) groups is 2. The summed E-state index contributed by atoms with van der Waals surface area (Å²) in [5, 5.41) is 0. The molecule has 25 heavy (non-hydrogen) atoms. The van der Waals surface area contributed by atoms with Crippen molar-refractivity contribution in [2.75, 3.05) is 30.3 Å². The molecule has 3 rings (SSSR count). The minimum Gasteiger partial charge on any atom is -0.444 e. The molecule has 2 heterocycles. The summed E-state index contributed by atoms with van der Waals surface area (Å²) in [7, 11) is 0. The molecule has 1 saturated heterocycles. The predicted octanol–water partition coefficient (Wildman–Crippen LogP) is 2.90. The van der Waals surface area contributed by atoms with E-state index in [4.69, 9.17) is 10.5 Å². The number of fused-ring (bicyclic) bond motifs is 2. The van der Waals surface area contributed by atoms with Gasteiger partial charge in [0.1, 0.15) is 5.60 Å². The number of hydrogen-bond acceptors (Lipinski definition) is 4. The molecule has 1 unspecified atom stereocenters. The van der Waals surface area contributed by atoms with Gasteiger partial charge in [0.15, 0.2) is 0 Å². The predicted molar refractivity (Wildman–Crippen MR) is 97.6 cm³/mol. The van der Waals surface area contributed by atoms with Crippen LogP contribution in [-0.4, -0.2) is 42.1 Å². The quantitative estimate of drug-likeness (QED) is 0.734. The standard InChI is InChI=1S/C19H27N3O3/c1-13(23)22-10-8-19(15-6-5-14(20)11-16(15)22)7-9-21(12-19)17(24)25-18(2,3)4/h5-6,11H,7-10,12,20H2,1-4H3. The fourth-order valence-corrected chi connectivity index (χ4v) is 3.91. The maximum Gasteiger partial charge on any atom is 0.410 e. The highest BCUT2D eigenvalue weighted by Gasteiger charge is 2.46. The monoisotopic (exact) mass is 345 g/mol. The van der Waals surface area contributed by atoms with Crippen molar-refractivity contribution in [1.82, 2.24) is 4.90 Å². The Kier molecular flexibility index (Phi) is 4.17. The second-order valence-corrected chi connectivity index (χ2v) is 8.13. The molecule has 1 aromatic rings. The lowest BCUT2D eigenvalue weighted by molar-refractivity contribution is -0.116. The zero-order valence-corrected chi connectivity index (χ0v) is 15.5. The van der Waals surface area contributed by atoms with Crippen LogP contribution in [0, 0.1) is 0 Å². The van der Waals surface area contributed by atoms with Gasteiger partial charge in [0, 0.05) is 43.3 Å². The number of carbonyl (C=O) groups excluding carboxylic acids is 2. The minimum absolute atomic E-state index is 0.0173. The third-order valence-electron chi connectivity index (χ3n) is 5.08. The average Bonchev–Trinajstić information content (AvgIpc) is 2.90. The van der Waals surface area contributed by atoms with Crippen molar-refractivity contribution in [1.29, 1.82) is 0 Å². The number of nitrogen functional groups attached to an aromatic ring is 1. The molecule has 2 aliphatic heterocycles. The third-order valence-corrected chi connectivity index (χ3v) is 5.08. The first kappa shape index (κ1) is 17.6. The van der Waals surface area contributed by atoms with Gasteiger partial charge in [-0.1, -0.05) is 6.07 Å². The summed E-state index contributed by atoms with van der Waals surface area (Å²) in [6, 6.07) is 5.76. The van der Waals surface area contributed by atoms with Crippen LogP contribution in [0.25, 0.3) is 0 Å². The van der Waals surface area contributed by atoms with E-state index in [0.717, 1.165) is 24.1 Å². The largest absolute Gasteiger partial charge is 0.444 e. The normalized spacial score (nSPS) is 22.9. The van der Waals surface area contributed by atoms with Crippen molar-refractivity contribution < 1.29 is 14.3 Å².